The number of benzene rings is 1. The number of piperazine rings is 1. The number of phenols is 1. The highest BCUT2D eigenvalue weighted by atomic mass is 32.2. The Hall–Kier alpha value is -2.82. The predicted molar refractivity (Wildman–Crippen MR) is 145 cm³/mol. The van der Waals surface area contributed by atoms with Crippen molar-refractivity contribution < 1.29 is 25.0 Å². The number of rotatable bonds is 7. The third-order valence-corrected chi connectivity index (χ3v) is 7.69. The number of thiol groups is 1. The number of phenolic OH excluding ortho intramolecular Hbond substituents is 1. The normalized spacial score (nSPS) is 16.8. The first-order chi connectivity index (χ1) is 16.9. The molecule has 1 aromatic carbocycles. The van der Waals surface area contributed by atoms with E-state index in [0.717, 1.165) is 22.4 Å². The van der Waals surface area contributed by atoms with Gasteiger partial charge in [0.25, 0.3) is 11.8 Å². The molecule has 2 aromatic rings. The zero-order chi connectivity index (χ0) is 26.2. The predicted octanol–water partition coefficient (Wildman–Crippen LogP) is 2.44. The molecule has 0 aliphatic carbocycles. The lowest BCUT2D eigenvalue weighted by Crippen LogP contribution is -2.51. The standard InChI is InChI=1S/C27H36N4O4S.H2O/c1-17(2)36-26-19(14-27(3,4)5)18-6-7-21(32)20(25(18)28-26)15-29-10-12-30(13-11-29)24(35)16-31-22(33)8-9-23(31)34;/h6-9,17,28,32H,10-16H2,1-5H3;1H2. The smallest absolute Gasteiger partial charge is 0.254 e. The van der Waals surface area contributed by atoms with Crippen molar-refractivity contribution in [3.05, 3.63) is 35.4 Å². The lowest BCUT2D eigenvalue weighted by molar-refractivity contribution is -0.145. The van der Waals surface area contributed by atoms with Gasteiger partial charge in [0.1, 0.15) is 17.5 Å². The van der Waals surface area contributed by atoms with E-state index in [1.165, 1.54) is 39.9 Å². The Kier molecular flexibility index (Phi) is 8.77. The number of imide groups is 1. The fourth-order valence-electron chi connectivity index (χ4n) is 4.79. The molecular weight excluding hydrogens is 492 g/mol. The fourth-order valence-corrected chi connectivity index (χ4v) is 5.84. The van der Waals surface area contributed by atoms with Crippen LogP contribution in [-0.4, -0.2) is 86.0 Å². The van der Waals surface area contributed by atoms with Gasteiger partial charge < -0.3 is 20.5 Å². The first-order valence-corrected chi connectivity index (χ1v) is 13.5. The second-order valence-electron chi connectivity index (χ2n) is 11.2. The molecule has 0 bridgehead atoms. The van der Waals surface area contributed by atoms with E-state index in [9.17, 15) is 19.5 Å². The molecular formula is C27H38N4O5S. The quantitative estimate of drug-likeness (QED) is 0.322. The van der Waals surface area contributed by atoms with E-state index in [4.69, 9.17) is 0 Å². The average molecular weight is 531 g/mol. The number of carbonyl (C=O) groups excluding carboxylic acids is 3. The average Bonchev–Trinajstić information content (AvgIpc) is 3.29. The third kappa shape index (κ3) is 6.55. The van der Waals surface area contributed by atoms with Crippen molar-refractivity contribution in [1.29, 1.82) is 0 Å². The van der Waals surface area contributed by atoms with Crippen molar-refractivity contribution in [2.24, 2.45) is 5.41 Å². The van der Waals surface area contributed by atoms with Gasteiger partial charge in [-0.3, -0.25) is 24.2 Å². The second-order valence-corrected chi connectivity index (χ2v) is 12.9. The van der Waals surface area contributed by atoms with Crippen LogP contribution in [0.3, 0.4) is 0 Å². The molecule has 37 heavy (non-hydrogen) atoms. The van der Waals surface area contributed by atoms with Crippen LogP contribution in [-0.2, 0) is 39.1 Å². The molecule has 4 rings (SSSR count). The Balaban J connectivity index is 0.00000380. The molecule has 2 aliphatic heterocycles. The zero-order valence-electron chi connectivity index (χ0n) is 22.2. The zero-order valence-corrected chi connectivity index (χ0v) is 23.1. The van der Waals surface area contributed by atoms with Crippen LogP contribution in [0.5, 0.6) is 5.75 Å². The topological polar surface area (TPSA) is 127 Å². The summed E-state index contributed by atoms with van der Waals surface area (Å²) in [6, 6.07) is 3.82. The molecule has 3 heterocycles. The van der Waals surface area contributed by atoms with Crippen LogP contribution in [0.15, 0.2) is 29.3 Å². The number of nitrogens with zero attached hydrogens (tertiary/aromatic N) is 3. The highest BCUT2D eigenvalue weighted by molar-refractivity contribution is 7.79. The van der Waals surface area contributed by atoms with Crippen LogP contribution in [0.2, 0.25) is 0 Å². The van der Waals surface area contributed by atoms with Crippen LogP contribution in [0.1, 0.15) is 45.7 Å². The van der Waals surface area contributed by atoms with Crippen molar-refractivity contribution >= 4 is 40.4 Å². The van der Waals surface area contributed by atoms with Crippen molar-refractivity contribution in [1.82, 2.24) is 19.7 Å². The van der Waals surface area contributed by atoms with Gasteiger partial charge in [-0.15, -0.1) is 0 Å². The minimum absolute atomic E-state index is 0. The maximum absolute atomic E-state index is 12.7. The summed E-state index contributed by atoms with van der Waals surface area (Å²) < 4.78 is 0. The minimum Gasteiger partial charge on any atom is -0.870 e. The molecule has 0 spiro atoms. The Bertz CT molecular complexity index is 1190. The molecule has 0 atom stereocenters. The Morgan fingerprint density at radius 2 is 1.68 bits per heavy atom. The Morgan fingerprint density at radius 1 is 1.05 bits per heavy atom. The van der Waals surface area contributed by atoms with E-state index in [1.54, 1.807) is 11.0 Å². The molecule has 3 amide bonds. The van der Waals surface area contributed by atoms with Gasteiger partial charge in [-0.1, -0.05) is 20.8 Å². The van der Waals surface area contributed by atoms with Gasteiger partial charge in [0.05, 0.1) is 5.52 Å². The van der Waals surface area contributed by atoms with Gasteiger partial charge >= 0.3 is 0 Å². The molecule has 2 aliphatic rings. The summed E-state index contributed by atoms with van der Waals surface area (Å²) >= 11 is 1.24. The second kappa shape index (κ2) is 11.3. The number of hydrogen-bond acceptors (Lipinski definition) is 6. The number of fused-ring (bicyclic) bond motifs is 1. The van der Waals surface area contributed by atoms with Gasteiger partial charge in [-0.25, -0.2) is 0 Å². The van der Waals surface area contributed by atoms with Gasteiger partial charge in [0.15, 0.2) is 0 Å². The highest BCUT2D eigenvalue weighted by Crippen LogP contribution is 2.36. The van der Waals surface area contributed by atoms with Gasteiger partial charge in [-0.05, 0) is 37.8 Å². The van der Waals surface area contributed by atoms with Crippen LogP contribution in [0.4, 0.5) is 0 Å². The summed E-state index contributed by atoms with van der Waals surface area (Å²) in [4.78, 5) is 44.8. The third-order valence-electron chi connectivity index (χ3n) is 6.54. The van der Waals surface area contributed by atoms with Gasteiger partial charge in [0, 0.05) is 73.2 Å². The van der Waals surface area contributed by atoms with E-state index < -0.39 is 11.8 Å². The number of aromatic nitrogens is 1. The summed E-state index contributed by atoms with van der Waals surface area (Å²) in [6.07, 6.45) is 3.34. The highest BCUT2D eigenvalue weighted by Gasteiger charge is 2.30. The first kappa shape index (κ1) is 28.7. The fraction of sp³-hybridized carbons (Fsp3) is 0.519. The molecule has 3 N–H and O–H groups in total. The van der Waals surface area contributed by atoms with Crippen LogP contribution in [0, 0.1) is 5.41 Å². The summed E-state index contributed by atoms with van der Waals surface area (Å²) in [5.41, 5.74) is 3.34. The lowest BCUT2D eigenvalue weighted by Gasteiger charge is -2.35. The maximum Gasteiger partial charge on any atom is 0.254 e. The molecule has 0 radical (unpaired) electrons. The lowest BCUT2D eigenvalue weighted by atomic mass is 9.88. The molecule has 0 unspecified atom stereocenters. The number of H-pyrrole nitrogens is 1. The molecule has 9 nitrogen and oxygen atoms in total. The summed E-state index contributed by atoms with van der Waals surface area (Å²) in [5, 5.41) is 13.7. The van der Waals surface area contributed by atoms with E-state index in [0.29, 0.717) is 38.0 Å². The molecule has 1 saturated heterocycles. The molecule has 0 saturated carbocycles. The molecule has 1 aromatic heterocycles. The number of nitrogens with one attached hydrogen (secondary N) is 1. The summed E-state index contributed by atoms with van der Waals surface area (Å²) in [5.74, 6) is -0.832. The summed E-state index contributed by atoms with van der Waals surface area (Å²) in [6.45, 7) is 13.8. The van der Waals surface area contributed by atoms with Crippen LogP contribution in [0.25, 0.3) is 10.9 Å². The SMILES string of the molecule is CC(C)[SH+]c1[nH]c2c(CN3CCN(C(=O)CN4C(=O)C=CC4=O)CC3)c(O)ccc2c1CC(C)(C)C.[OH-]. The van der Waals surface area contributed by atoms with E-state index in [1.807, 2.05) is 6.07 Å². The number of hydrogen-bond donors (Lipinski definition) is 2. The number of aromatic hydroxyl groups is 1. The first-order valence-electron chi connectivity index (χ1n) is 12.5. The van der Waals surface area contributed by atoms with Crippen molar-refractivity contribution in [2.75, 3.05) is 32.7 Å². The number of amides is 3. The van der Waals surface area contributed by atoms with Crippen molar-refractivity contribution in [2.45, 2.75) is 57.9 Å². The molecule has 1 fully saturated rings. The van der Waals surface area contributed by atoms with Crippen LogP contribution >= 0.6 is 0 Å². The Labute approximate surface area is 222 Å². The minimum atomic E-state index is -0.441. The largest absolute Gasteiger partial charge is 0.870 e. The monoisotopic (exact) mass is 530 g/mol. The van der Waals surface area contributed by atoms with E-state index in [2.05, 4.69) is 44.5 Å². The van der Waals surface area contributed by atoms with Crippen molar-refractivity contribution in [3.8, 4) is 5.75 Å². The Morgan fingerprint density at radius 3 is 2.24 bits per heavy atom. The number of carbonyl (C=O) groups is 3. The maximum atomic E-state index is 12.7. The van der Waals surface area contributed by atoms with Crippen molar-refractivity contribution in [3.63, 3.8) is 0 Å². The number of aromatic amines is 1. The van der Waals surface area contributed by atoms with E-state index in [-0.39, 0.29) is 29.1 Å². The van der Waals surface area contributed by atoms with Gasteiger partial charge in [-0.2, -0.15) is 0 Å². The van der Waals surface area contributed by atoms with Gasteiger partial charge in [0.2, 0.25) is 10.9 Å². The molecule has 202 valence electrons. The summed E-state index contributed by atoms with van der Waals surface area (Å²) in [7, 11) is 0. The van der Waals surface area contributed by atoms with E-state index >= 15 is 0 Å². The van der Waals surface area contributed by atoms with Crippen LogP contribution < -0.4 is 0 Å². The molecule has 10 heteroatoms.